The van der Waals surface area contributed by atoms with E-state index < -0.39 is 4.92 Å². The van der Waals surface area contributed by atoms with Gasteiger partial charge >= 0.3 is 0 Å². The molecule has 0 aromatic heterocycles. The monoisotopic (exact) mass is 377 g/mol. The van der Waals surface area contributed by atoms with Crippen molar-refractivity contribution in [1.29, 1.82) is 0 Å². The minimum absolute atomic E-state index is 0.0856. The van der Waals surface area contributed by atoms with Gasteiger partial charge in [0.2, 0.25) is 11.4 Å². The molecule has 0 saturated carbocycles. The van der Waals surface area contributed by atoms with Crippen LogP contribution < -0.4 is 0 Å². The van der Waals surface area contributed by atoms with Crippen molar-refractivity contribution in [1.82, 2.24) is 0 Å². The van der Waals surface area contributed by atoms with Crippen LogP contribution in [0.5, 0.6) is 0 Å². The molecule has 0 heterocycles. The van der Waals surface area contributed by atoms with Crippen LogP contribution in [0.1, 0.15) is 71.1 Å². The lowest BCUT2D eigenvalue weighted by atomic mass is 10.1. The molecule has 0 N–H and O–H groups in total. The van der Waals surface area contributed by atoms with Gasteiger partial charge in [-0.1, -0.05) is 44.1 Å². The molecule has 0 aliphatic rings. The molecule has 0 aromatic rings. The molecule has 149 valence electrons. The fourth-order valence-electron chi connectivity index (χ4n) is 2.25. The number of allylic oxidation sites excluding steroid dienone is 6. The second-order valence-electron chi connectivity index (χ2n) is 6.02. The molecule has 0 atom stereocenters. The van der Waals surface area contributed by atoms with Gasteiger partial charge in [0, 0.05) is 6.42 Å². The highest BCUT2D eigenvalue weighted by Crippen LogP contribution is 2.10. The summed E-state index contributed by atoms with van der Waals surface area (Å²) in [5.74, 6) is 0. The largest absolute Gasteiger partial charge is 0.291 e. The third-order valence-corrected chi connectivity index (χ3v) is 3.78. The third-order valence-electron chi connectivity index (χ3n) is 3.78. The number of unbranched alkanes of at least 4 members (excludes halogenated alkanes) is 5. The fraction of sp³-hybridized carbons (Fsp3) is 0.550. The van der Waals surface area contributed by atoms with E-state index in [2.05, 4.69) is 6.92 Å². The summed E-state index contributed by atoms with van der Waals surface area (Å²) in [7, 11) is 0. The fourth-order valence-corrected chi connectivity index (χ4v) is 2.25. The molecule has 27 heavy (non-hydrogen) atoms. The molecule has 7 heteroatoms. The Kier molecular flexibility index (Phi) is 15.3. The maximum absolute atomic E-state index is 11.0. The summed E-state index contributed by atoms with van der Waals surface area (Å²) < 4.78 is 0. The second-order valence-corrected chi connectivity index (χ2v) is 6.02. The highest BCUT2D eigenvalue weighted by atomic mass is 16.6. The maximum atomic E-state index is 11.0. The van der Waals surface area contributed by atoms with E-state index >= 15 is 0 Å². The molecule has 0 unspecified atom stereocenters. The smallest absolute Gasteiger partial charge is 0.246 e. The Bertz CT molecular complexity index is 577. The quantitative estimate of drug-likeness (QED) is 0.154. The normalized spacial score (nSPS) is 12.8. The van der Waals surface area contributed by atoms with Crippen molar-refractivity contribution < 1.29 is 14.6 Å². The molecule has 0 bridgehead atoms. The van der Waals surface area contributed by atoms with Gasteiger partial charge < -0.3 is 0 Å². The number of hydrogen-bond acceptors (Lipinski definition) is 5. The van der Waals surface area contributed by atoms with Crippen LogP contribution in [-0.4, -0.2) is 16.1 Å². The minimum Gasteiger partial charge on any atom is -0.291 e. The van der Waals surface area contributed by atoms with E-state index in [9.17, 15) is 25.0 Å². The minimum atomic E-state index is -0.423. The lowest BCUT2D eigenvalue weighted by molar-refractivity contribution is -0.427. The number of carbonyl (C=O) groups excluding carboxylic acids is 1. The molecule has 0 fully saturated rings. The van der Waals surface area contributed by atoms with Gasteiger partial charge in [0.1, 0.15) is 0 Å². The Morgan fingerprint density at radius 3 is 2.07 bits per heavy atom. The molecule has 0 spiro atoms. The van der Waals surface area contributed by atoms with Gasteiger partial charge in [-0.3, -0.25) is 25.0 Å². The van der Waals surface area contributed by atoms with Crippen LogP contribution in [0.2, 0.25) is 0 Å². The second kappa shape index (κ2) is 16.9. The highest BCUT2D eigenvalue weighted by molar-refractivity contribution is 5.50. The summed E-state index contributed by atoms with van der Waals surface area (Å²) in [4.78, 5) is 31.3. The Morgan fingerprint density at radius 1 is 0.852 bits per heavy atom. The average Bonchev–Trinajstić information content (AvgIpc) is 2.63. The topological polar surface area (TPSA) is 103 Å². The summed E-state index contributed by atoms with van der Waals surface area (Å²) in [5, 5.41) is 22.0. The van der Waals surface area contributed by atoms with E-state index in [0.29, 0.717) is 32.1 Å². The first-order valence-electron chi connectivity index (χ1n) is 9.34. The zero-order valence-corrected chi connectivity index (χ0v) is 16.0. The first-order chi connectivity index (χ1) is 13.0. The van der Waals surface area contributed by atoms with Crippen LogP contribution in [-0.2, 0) is 4.79 Å². The van der Waals surface area contributed by atoms with E-state index in [1.807, 2.05) is 6.08 Å². The summed E-state index contributed by atoms with van der Waals surface area (Å²) in [6.45, 7) is 2.08. The van der Waals surface area contributed by atoms with Gasteiger partial charge in [-0.2, -0.15) is 0 Å². The lowest BCUT2D eigenvalue weighted by Gasteiger charge is -1.96. The Labute approximate surface area is 160 Å². The first kappa shape index (κ1) is 24.4. The van der Waals surface area contributed by atoms with Crippen LogP contribution in [0, 0.1) is 20.2 Å². The van der Waals surface area contributed by atoms with E-state index in [0.717, 1.165) is 19.3 Å². The van der Waals surface area contributed by atoms with Crippen molar-refractivity contribution >= 4 is 6.29 Å². The Balaban J connectivity index is 4.45. The Hall–Kier alpha value is -2.57. The maximum Gasteiger partial charge on any atom is 0.246 e. The van der Waals surface area contributed by atoms with Gasteiger partial charge in [-0.15, -0.1) is 0 Å². The SMILES string of the molecule is CCCCC/C=C(/C/C=C/C/C=C(/C/C=C/CCC[C]=O)[N+](=O)[O-])[N+](=O)[O-]. The predicted octanol–water partition coefficient (Wildman–Crippen LogP) is 5.45. The van der Waals surface area contributed by atoms with Crippen molar-refractivity contribution in [2.24, 2.45) is 0 Å². The molecule has 0 aliphatic carbocycles. The third kappa shape index (κ3) is 14.3. The summed E-state index contributed by atoms with van der Waals surface area (Å²) in [6, 6.07) is 0. The summed E-state index contributed by atoms with van der Waals surface area (Å²) in [5.41, 5.74) is 0.249. The summed E-state index contributed by atoms with van der Waals surface area (Å²) >= 11 is 0. The predicted molar refractivity (Wildman–Crippen MR) is 106 cm³/mol. The van der Waals surface area contributed by atoms with E-state index in [-0.39, 0.29) is 29.2 Å². The van der Waals surface area contributed by atoms with Gasteiger partial charge in [-0.05, 0) is 44.3 Å². The number of rotatable bonds is 16. The van der Waals surface area contributed by atoms with Crippen LogP contribution in [0.4, 0.5) is 0 Å². The number of hydrogen-bond donors (Lipinski definition) is 0. The summed E-state index contributed by atoms with van der Waals surface area (Å²) in [6.07, 6.45) is 18.2. The molecule has 1 radical (unpaired) electrons. The van der Waals surface area contributed by atoms with Gasteiger partial charge in [0.05, 0.1) is 22.7 Å². The molecule has 0 rings (SSSR count). The van der Waals surface area contributed by atoms with E-state index in [4.69, 9.17) is 0 Å². The van der Waals surface area contributed by atoms with Crippen LogP contribution in [0.15, 0.2) is 47.9 Å². The zero-order chi connectivity index (χ0) is 20.3. The molecule has 7 nitrogen and oxygen atoms in total. The van der Waals surface area contributed by atoms with Gasteiger partial charge in [-0.25, -0.2) is 0 Å². The Morgan fingerprint density at radius 2 is 1.48 bits per heavy atom. The number of nitrogens with zero attached hydrogens (tertiary/aromatic N) is 2. The number of nitro groups is 2. The van der Waals surface area contributed by atoms with Crippen LogP contribution in [0.25, 0.3) is 0 Å². The van der Waals surface area contributed by atoms with Crippen LogP contribution in [0.3, 0.4) is 0 Å². The average molecular weight is 377 g/mol. The van der Waals surface area contributed by atoms with Crippen molar-refractivity contribution in [3.05, 3.63) is 68.1 Å². The molecule has 0 saturated heterocycles. The highest BCUT2D eigenvalue weighted by Gasteiger charge is 2.08. The molecule has 0 aliphatic heterocycles. The molecular weight excluding hydrogens is 348 g/mol. The molecular formula is C20H29N2O5. The van der Waals surface area contributed by atoms with Crippen LogP contribution >= 0.6 is 0 Å². The first-order valence-corrected chi connectivity index (χ1v) is 9.34. The lowest BCUT2D eigenvalue weighted by Crippen LogP contribution is -1.98. The van der Waals surface area contributed by atoms with E-state index in [1.54, 1.807) is 30.6 Å². The van der Waals surface area contributed by atoms with E-state index in [1.165, 1.54) is 6.08 Å². The van der Waals surface area contributed by atoms with Crippen molar-refractivity contribution in [2.75, 3.05) is 0 Å². The standard InChI is InChI=1S/C20H29N2O5/c1-2-3-4-9-14-19(21(24)25)16-11-8-12-17-20(22(26)27)15-10-6-5-7-13-18-23/h6,8,10-11,14,17H,2-5,7,9,12-13,15-16H2,1H3/b10-6+,11-8+,19-14-,20-17-. The molecule has 0 amide bonds. The van der Waals surface area contributed by atoms with Gasteiger partial charge in [0.25, 0.3) is 0 Å². The zero-order valence-electron chi connectivity index (χ0n) is 16.0. The van der Waals surface area contributed by atoms with Crippen molar-refractivity contribution in [3.8, 4) is 0 Å². The van der Waals surface area contributed by atoms with Crippen molar-refractivity contribution in [3.63, 3.8) is 0 Å². The van der Waals surface area contributed by atoms with Crippen molar-refractivity contribution in [2.45, 2.75) is 71.1 Å². The molecule has 0 aromatic carbocycles. The van der Waals surface area contributed by atoms with Gasteiger partial charge in [0.15, 0.2) is 6.29 Å².